The number of ether oxygens (including phenoxy) is 1. The summed E-state index contributed by atoms with van der Waals surface area (Å²) in [4.78, 5) is 6.36. The van der Waals surface area contributed by atoms with Crippen LogP contribution >= 0.6 is 11.3 Å². The van der Waals surface area contributed by atoms with Crippen LogP contribution in [0.4, 0.5) is 0 Å². The first kappa shape index (κ1) is 14.0. The molecular formula is C14H24N2OS. The fraction of sp³-hybridized carbons (Fsp3) is 0.786. The molecule has 3 nitrogen and oxygen atoms in total. The summed E-state index contributed by atoms with van der Waals surface area (Å²) in [6.45, 7) is 6.20. The Bertz CT molecular complexity index is 354. The molecule has 2 rings (SSSR count). The molecule has 0 fully saturated rings. The molecule has 1 heterocycles. The predicted octanol–water partition coefficient (Wildman–Crippen LogP) is 2.96. The van der Waals surface area contributed by atoms with Gasteiger partial charge in [0.2, 0.25) is 0 Å². The number of hydrogen-bond donors (Lipinski definition) is 1. The van der Waals surface area contributed by atoms with Crippen LogP contribution in [0, 0.1) is 5.92 Å². The van der Waals surface area contributed by atoms with Crippen LogP contribution in [0.3, 0.4) is 0 Å². The summed E-state index contributed by atoms with van der Waals surface area (Å²) in [7, 11) is 1.75. The fourth-order valence-electron chi connectivity index (χ4n) is 2.44. The van der Waals surface area contributed by atoms with Crippen molar-refractivity contribution in [1.29, 1.82) is 0 Å². The third kappa shape index (κ3) is 3.53. The maximum atomic E-state index is 5.11. The van der Waals surface area contributed by atoms with Crippen molar-refractivity contribution in [3.05, 3.63) is 15.6 Å². The first-order chi connectivity index (χ1) is 8.70. The topological polar surface area (TPSA) is 34.1 Å². The molecule has 1 aliphatic carbocycles. The van der Waals surface area contributed by atoms with Crippen LogP contribution in [-0.2, 0) is 17.6 Å². The first-order valence-corrected chi connectivity index (χ1v) is 7.73. The van der Waals surface area contributed by atoms with Crippen molar-refractivity contribution < 1.29 is 4.74 Å². The number of aryl methyl sites for hydroxylation is 2. The maximum Gasteiger partial charge on any atom is 0.110 e. The zero-order valence-electron chi connectivity index (χ0n) is 11.7. The Labute approximate surface area is 114 Å². The van der Waals surface area contributed by atoms with Gasteiger partial charge in [0.05, 0.1) is 18.3 Å². The molecule has 0 amide bonds. The molecule has 1 aliphatic rings. The zero-order chi connectivity index (χ0) is 13.0. The molecule has 0 radical (unpaired) electrons. The lowest BCUT2D eigenvalue weighted by atomic mass is 10.0. The smallest absolute Gasteiger partial charge is 0.110 e. The second-order valence-electron chi connectivity index (χ2n) is 5.40. The molecule has 1 aromatic heterocycles. The summed E-state index contributed by atoms with van der Waals surface area (Å²) in [5, 5.41) is 4.86. The largest absolute Gasteiger partial charge is 0.383 e. The van der Waals surface area contributed by atoms with Gasteiger partial charge in [0.25, 0.3) is 0 Å². The van der Waals surface area contributed by atoms with E-state index in [-0.39, 0.29) is 0 Å². The molecule has 1 aromatic rings. The van der Waals surface area contributed by atoms with E-state index >= 15 is 0 Å². The summed E-state index contributed by atoms with van der Waals surface area (Å²) in [6, 6.07) is 0.399. The zero-order valence-corrected chi connectivity index (χ0v) is 12.5. The third-order valence-corrected chi connectivity index (χ3v) is 4.59. The van der Waals surface area contributed by atoms with Crippen LogP contribution < -0.4 is 5.32 Å². The second-order valence-corrected chi connectivity index (χ2v) is 6.52. The van der Waals surface area contributed by atoms with Gasteiger partial charge in [0.15, 0.2) is 0 Å². The molecule has 0 aromatic carbocycles. The Morgan fingerprint density at radius 2 is 2.22 bits per heavy atom. The molecular weight excluding hydrogens is 244 g/mol. The van der Waals surface area contributed by atoms with Gasteiger partial charge in [-0.15, -0.1) is 11.3 Å². The van der Waals surface area contributed by atoms with E-state index in [1.165, 1.54) is 34.8 Å². The maximum absolute atomic E-state index is 5.11. The summed E-state index contributed by atoms with van der Waals surface area (Å²) >= 11 is 1.92. The van der Waals surface area contributed by atoms with Crippen molar-refractivity contribution in [3.8, 4) is 0 Å². The van der Waals surface area contributed by atoms with E-state index in [4.69, 9.17) is 9.72 Å². The molecule has 1 unspecified atom stereocenters. The minimum Gasteiger partial charge on any atom is -0.383 e. The van der Waals surface area contributed by atoms with Crippen molar-refractivity contribution >= 4 is 11.3 Å². The molecule has 1 atom stereocenters. The van der Waals surface area contributed by atoms with E-state index in [1.807, 2.05) is 11.3 Å². The summed E-state index contributed by atoms with van der Waals surface area (Å²) < 4.78 is 5.11. The number of rotatable bonds is 7. The average molecular weight is 268 g/mol. The minimum absolute atomic E-state index is 0.399. The Morgan fingerprint density at radius 3 is 2.89 bits per heavy atom. The van der Waals surface area contributed by atoms with Crippen molar-refractivity contribution in [2.75, 3.05) is 20.3 Å². The van der Waals surface area contributed by atoms with Crippen LogP contribution in [0.5, 0.6) is 0 Å². The van der Waals surface area contributed by atoms with Crippen molar-refractivity contribution in [2.45, 2.75) is 45.6 Å². The highest BCUT2D eigenvalue weighted by atomic mass is 32.1. The number of methoxy groups -OCH3 is 1. The highest BCUT2D eigenvalue weighted by Crippen LogP contribution is 2.32. The Morgan fingerprint density at radius 1 is 1.39 bits per heavy atom. The molecule has 102 valence electrons. The predicted molar refractivity (Wildman–Crippen MR) is 76.2 cm³/mol. The van der Waals surface area contributed by atoms with E-state index in [1.54, 1.807) is 7.11 Å². The lowest BCUT2D eigenvalue weighted by molar-refractivity contribution is 0.194. The Kier molecular flexibility index (Phi) is 5.15. The van der Waals surface area contributed by atoms with E-state index in [0.29, 0.717) is 12.0 Å². The summed E-state index contributed by atoms with van der Waals surface area (Å²) in [5.41, 5.74) is 1.36. The summed E-state index contributed by atoms with van der Waals surface area (Å²) in [5.74, 6) is 0.684. The lowest BCUT2D eigenvalue weighted by Crippen LogP contribution is -2.26. The van der Waals surface area contributed by atoms with E-state index in [0.717, 1.165) is 19.6 Å². The van der Waals surface area contributed by atoms with Gasteiger partial charge in [-0.05, 0) is 31.6 Å². The van der Waals surface area contributed by atoms with Gasteiger partial charge in [0.1, 0.15) is 5.01 Å². The van der Waals surface area contributed by atoms with Crippen molar-refractivity contribution in [2.24, 2.45) is 5.92 Å². The lowest BCUT2D eigenvalue weighted by Gasteiger charge is -2.18. The molecule has 18 heavy (non-hydrogen) atoms. The first-order valence-electron chi connectivity index (χ1n) is 6.91. The molecule has 0 spiro atoms. The molecule has 4 heteroatoms. The highest BCUT2D eigenvalue weighted by Gasteiger charge is 2.22. The molecule has 1 N–H and O–H groups in total. The van der Waals surface area contributed by atoms with Gasteiger partial charge >= 0.3 is 0 Å². The van der Waals surface area contributed by atoms with Gasteiger partial charge in [-0.3, -0.25) is 0 Å². The van der Waals surface area contributed by atoms with E-state index in [9.17, 15) is 0 Å². The van der Waals surface area contributed by atoms with Crippen molar-refractivity contribution in [3.63, 3.8) is 0 Å². The average Bonchev–Trinajstić information content (AvgIpc) is 2.87. The van der Waals surface area contributed by atoms with Gasteiger partial charge in [-0.2, -0.15) is 0 Å². The second kappa shape index (κ2) is 6.64. The molecule has 0 aliphatic heterocycles. The van der Waals surface area contributed by atoms with Crippen LogP contribution in [0.1, 0.15) is 48.3 Å². The van der Waals surface area contributed by atoms with E-state index in [2.05, 4.69) is 19.2 Å². The highest BCUT2D eigenvalue weighted by molar-refractivity contribution is 7.11. The number of nitrogens with one attached hydrogen (secondary N) is 1. The number of aromatic nitrogens is 1. The van der Waals surface area contributed by atoms with E-state index < -0.39 is 0 Å². The quantitative estimate of drug-likeness (QED) is 0.772. The summed E-state index contributed by atoms with van der Waals surface area (Å²) in [6.07, 6.45) is 4.86. The number of hydrogen-bond acceptors (Lipinski definition) is 4. The van der Waals surface area contributed by atoms with Gasteiger partial charge < -0.3 is 10.1 Å². The Hall–Kier alpha value is -0.450. The number of nitrogens with zero attached hydrogens (tertiary/aromatic N) is 1. The number of fused-ring (bicyclic) bond motifs is 1. The van der Waals surface area contributed by atoms with Gasteiger partial charge in [0, 0.05) is 18.5 Å². The fourth-order valence-corrected chi connectivity index (χ4v) is 3.68. The van der Waals surface area contributed by atoms with Crippen molar-refractivity contribution in [1.82, 2.24) is 10.3 Å². The molecule has 0 bridgehead atoms. The monoisotopic (exact) mass is 268 g/mol. The van der Waals surface area contributed by atoms with Gasteiger partial charge in [-0.1, -0.05) is 13.8 Å². The van der Waals surface area contributed by atoms with Crippen LogP contribution in [-0.4, -0.2) is 25.2 Å². The molecule has 0 saturated carbocycles. The minimum atomic E-state index is 0.399. The van der Waals surface area contributed by atoms with Crippen LogP contribution in [0.25, 0.3) is 0 Å². The standard InChI is InChI=1S/C14H24N2OS/c1-10(2)9-12(15-7-8-17-3)14-16-11-5-4-6-13(11)18-14/h10,12,15H,4-9H2,1-3H3. The Balaban J connectivity index is 2.01. The third-order valence-electron chi connectivity index (χ3n) is 3.31. The van der Waals surface area contributed by atoms with Gasteiger partial charge in [-0.25, -0.2) is 4.98 Å². The molecule has 0 saturated heterocycles. The number of thiazole rings is 1. The van der Waals surface area contributed by atoms with Crippen LogP contribution in [0.15, 0.2) is 0 Å². The van der Waals surface area contributed by atoms with Crippen LogP contribution in [0.2, 0.25) is 0 Å². The SMILES string of the molecule is COCCNC(CC(C)C)c1nc2c(s1)CCC2. The normalized spacial score (nSPS) is 16.2.